The Morgan fingerprint density at radius 2 is 2.41 bits per heavy atom. The Kier molecular flexibility index (Phi) is 4.09. The minimum absolute atomic E-state index is 0.0390. The van der Waals surface area contributed by atoms with Gasteiger partial charge in [0.1, 0.15) is 0 Å². The molecule has 1 amide bonds. The number of carbonyl (C=O) groups excluding carboxylic acids is 1. The van der Waals surface area contributed by atoms with Crippen molar-refractivity contribution in [1.82, 2.24) is 20.1 Å². The van der Waals surface area contributed by atoms with E-state index >= 15 is 0 Å². The van der Waals surface area contributed by atoms with Gasteiger partial charge in [-0.25, -0.2) is 4.98 Å². The second-order valence-corrected chi connectivity index (χ2v) is 5.72. The minimum Gasteiger partial charge on any atom is -0.480 e. The van der Waals surface area contributed by atoms with Gasteiger partial charge in [0.15, 0.2) is 0 Å². The molecule has 3 rings (SSSR count). The highest BCUT2D eigenvalue weighted by molar-refractivity contribution is 5.96. The summed E-state index contributed by atoms with van der Waals surface area (Å²) < 4.78 is 5.26. The van der Waals surface area contributed by atoms with Gasteiger partial charge in [-0.3, -0.25) is 9.89 Å². The molecule has 0 aromatic carbocycles. The molecule has 1 aliphatic heterocycles. The molecule has 0 saturated carbocycles. The van der Waals surface area contributed by atoms with Crippen molar-refractivity contribution in [3.8, 4) is 5.88 Å². The first-order chi connectivity index (χ1) is 10.7. The summed E-state index contributed by atoms with van der Waals surface area (Å²) in [5.41, 5.74) is 1.50. The van der Waals surface area contributed by atoms with E-state index in [2.05, 4.69) is 22.1 Å². The highest BCUT2D eigenvalue weighted by Crippen LogP contribution is 2.25. The molecule has 1 saturated heterocycles. The fourth-order valence-corrected chi connectivity index (χ4v) is 2.88. The number of hydrogen-bond donors (Lipinski definition) is 1. The second-order valence-electron chi connectivity index (χ2n) is 5.72. The predicted octanol–water partition coefficient (Wildman–Crippen LogP) is 2.24. The summed E-state index contributed by atoms with van der Waals surface area (Å²) in [6.45, 7) is 3.85. The number of carbonyl (C=O) groups is 1. The van der Waals surface area contributed by atoms with Gasteiger partial charge in [0.2, 0.25) is 11.8 Å². The van der Waals surface area contributed by atoms with Gasteiger partial charge < -0.3 is 9.64 Å². The number of aromatic nitrogens is 3. The van der Waals surface area contributed by atoms with E-state index in [0.717, 1.165) is 36.1 Å². The van der Waals surface area contributed by atoms with Crippen molar-refractivity contribution in [2.24, 2.45) is 5.92 Å². The van der Waals surface area contributed by atoms with E-state index in [1.54, 1.807) is 31.5 Å². The number of likely N-dealkylation sites (tertiary alicyclic amines) is 1. The van der Waals surface area contributed by atoms with Gasteiger partial charge >= 0.3 is 0 Å². The van der Waals surface area contributed by atoms with E-state index in [4.69, 9.17) is 4.74 Å². The lowest BCUT2D eigenvalue weighted by Crippen LogP contribution is -2.38. The number of hydrogen-bond acceptors (Lipinski definition) is 4. The molecule has 3 heterocycles. The number of aromatic amines is 1. The number of nitrogens with zero attached hydrogens (tertiary/aromatic N) is 3. The highest BCUT2D eigenvalue weighted by atomic mass is 16.5. The summed E-state index contributed by atoms with van der Waals surface area (Å²) in [6, 6.07) is 1.81. The molecule has 1 N–H and O–H groups in total. The van der Waals surface area contributed by atoms with Gasteiger partial charge in [0.05, 0.1) is 23.7 Å². The Bertz CT molecular complexity index is 707. The lowest BCUT2D eigenvalue weighted by molar-refractivity contribution is -0.127. The monoisotopic (exact) mass is 300 g/mol. The fourth-order valence-electron chi connectivity index (χ4n) is 2.88. The van der Waals surface area contributed by atoms with E-state index in [-0.39, 0.29) is 5.91 Å². The molecule has 0 radical (unpaired) electrons. The number of H-pyrrole nitrogens is 1. The quantitative estimate of drug-likeness (QED) is 0.882. The normalized spacial score (nSPS) is 19.0. The number of amides is 1. The Hall–Kier alpha value is -2.37. The van der Waals surface area contributed by atoms with Crippen LogP contribution in [0.1, 0.15) is 25.5 Å². The molecule has 1 fully saturated rings. The maximum Gasteiger partial charge on any atom is 0.246 e. The summed E-state index contributed by atoms with van der Waals surface area (Å²) >= 11 is 0. The summed E-state index contributed by atoms with van der Waals surface area (Å²) in [5.74, 6) is 1.12. The van der Waals surface area contributed by atoms with Crippen molar-refractivity contribution in [2.75, 3.05) is 20.2 Å². The van der Waals surface area contributed by atoms with Crippen LogP contribution in [-0.2, 0) is 4.79 Å². The predicted molar refractivity (Wildman–Crippen MR) is 84.5 cm³/mol. The summed E-state index contributed by atoms with van der Waals surface area (Å²) in [6.07, 6.45) is 7.27. The van der Waals surface area contributed by atoms with Crippen LogP contribution in [0.4, 0.5) is 0 Å². The minimum atomic E-state index is 0.0390. The van der Waals surface area contributed by atoms with E-state index in [1.807, 2.05) is 4.90 Å². The van der Waals surface area contributed by atoms with Crippen molar-refractivity contribution in [2.45, 2.75) is 19.8 Å². The lowest BCUT2D eigenvalue weighted by atomic mass is 10.0. The van der Waals surface area contributed by atoms with E-state index < -0.39 is 0 Å². The van der Waals surface area contributed by atoms with Crippen LogP contribution >= 0.6 is 0 Å². The van der Waals surface area contributed by atoms with E-state index in [9.17, 15) is 4.79 Å². The van der Waals surface area contributed by atoms with E-state index in [0.29, 0.717) is 11.8 Å². The molecule has 22 heavy (non-hydrogen) atoms. The van der Waals surface area contributed by atoms with Crippen LogP contribution in [0.25, 0.3) is 17.0 Å². The van der Waals surface area contributed by atoms with Crippen molar-refractivity contribution >= 4 is 22.9 Å². The maximum atomic E-state index is 12.3. The molecule has 0 aliphatic carbocycles. The van der Waals surface area contributed by atoms with Gasteiger partial charge in [0, 0.05) is 25.4 Å². The third-order valence-corrected chi connectivity index (χ3v) is 4.01. The summed E-state index contributed by atoms with van der Waals surface area (Å²) in [7, 11) is 1.57. The maximum absolute atomic E-state index is 12.3. The molecule has 0 bridgehead atoms. The summed E-state index contributed by atoms with van der Waals surface area (Å²) in [4.78, 5) is 18.4. The molecular weight excluding hydrogens is 280 g/mol. The largest absolute Gasteiger partial charge is 0.480 e. The van der Waals surface area contributed by atoms with Crippen LogP contribution in [0.5, 0.6) is 5.88 Å². The topological polar surface area (TPSA) is 71.1 Å². The molecule has 6 heteroatoms. The number of pyridine rings is 1. The van der Waals surface area contributed by atoms with Gasteiger partial charge in [0.25, 0.3) is 0 Å². The number of methoxy groups -OCH3 is 1. The second kappa shape index (κ2) is 6.17. The zero-order valence-electron chi connectivity index (χ0n) is 12.9. The zero-order valence-corrected chi connectivity index (χ0v) is 12.9. The lowest BCUT2D eigenvalue weighted by Gasteiger charge is -2.30. The van der Waals surface area contributed by atoms with E-state index in [1.165, 1.54) is 6.42 Å². The van der Waals surface area contributed by atoms with Crippen LogP contribution in [-0.4, -0.2) is 46.2 Å². The molecule has 2 aromatic heterocycles. The summed E-state index contributed by atoms with van der Waals surface area (Å²) in [5, 5.41) is 7.93. The molecule has 6 nitrogen and oxygen atoms in total. The molecular formula is C16H20N4O2. The van der Waals surface area contributed by atoms with Gasteiger partial charge in [-0.2, -0.15) is 5.10 Å². The van der Waals surface area contributed by atoms with Crippen LogP contribution < -0.4 is 4.74 Å². The first-order valence-electron chi connectivity index (χ1n) is 7.53. The molecule has 1 aliphatic rings. The van der Waals surface area contributed by atoms with Crippen molar-refractivity contribution < 1.29 is 9.53 Å². The van der Waals surface area contributed by atoms with Gasteiger partial charge in [-0.1, -0.05) is 6.92 Å². The Labute approximate surface area is 129 Å². The number of rotatable bonds is 3. The van der Waals surface area contributed by atoms with Gasteiger partial charge in [-0.05, 0) is 30.9 Å². The number of fused-ring (bicyclic) bond motifs is 1. The first kappa shape index (κ1) is 14.6. The smallest absolute Gasteiger partial charge is 0.246 e. The Morgan fingerprint density at radius 1 is 1.55 bits per heavy atom. The Balaban J connectivity index is 1.82. The highest BCUT2D eigenvalue weighted by Gasteiger charge is 2.19. The molecule has 1 atom stereocenters. The van der Waals surface area contributed by atoms with Crippen molar-refractivity contribution in [1.29, 1.82) is 0 Å². The van der Waals surface area contributed by atoms with Crippen LogP contribution in [0.3, 0.4) is 0 Å². The fraction of sp³-hybridized carbons (Fsp3) is 0.438. The SMILES string of the molecule is COc1nccc2n[nH]c(C=CC(=O)N3CCCC(C)C3)c12. The Morgan fingerprint density at radius 3 is 3.18 bits per heavy atom. The average molecular weight is 300 g/mol. The standard InChI is InChI=1S/C16H20N4O2/c1-11-4-3-9-20(10-11)14(21)6-5-12-15-13(19-18-12)7-8-17-16(15)22-2/h5-8,11H,3-4,9-10H2,1-2H3,(H,18,19). The van der Waals surface area contributed by atoms with Crippen molar-refractivity contribution in [3.63, 3.8) is 0 Å². The molecule has 116 valence electrons. The molecule has 2 aromatic rings. The van der Waals surface area contributed by atoms with Gasteiger partial charge in [-0.15, -0.1) is 0 Å². The van der Waals surface area contributed by atoms with Crippen LogP contribution in [0, 0.1) is 5.92 Å². The molecule has 0 spiro atoms. The molecule has 1 unspecified atom stereocenters. The van der Waals surface area contributed by atoms with Crippen LogP contribution in [0.15, 0.2) is 18.3 Å². The zero-order chi connectivity index (χ0) is 15.5. The number of ether oxygens (including phenoxy) is 1. The van der Waals surface area contributed by atoms with Crippen LogP contribution in [0.2, 0.25) is 0 Å². The number of piperidine rings is 1. The third-order valence-electron chi connectivity index (χ3n) is 4.01. The van der Waals surface area contributed by atoms with Crippen molar-refractivity contribution in [3.05, 3.63) is 24.0 Å². The average Bonchev–Trinajstić information content (AvgIpc) is 2.96. The first-order valence-corrected chi connectivity index (χ1v) is 7.53. The third kappa shape index (κ3) is 2.81. The number of nitrogens with one attached hydrogen (secondary N) is 1.